The highest BCUT2D eigenvalue weighted by Crippen LogP contribution is 2.29. The van der Waals surface area contributed by atoms with Gasteiger partial charge in [0.25, 0.3) is 5.91 Å². The Morgan fingerprint density at radius 3 is 2.57 bits per heavy atom. The van der Waals surface area contributed by atoms with E-state index in [1.54, 1.807) is 25.3 Å². The molecule has 0 radical (unpaired) electrons. The standard InChI is InChI=1S/C22H23N3O5/c1-13(14-6-5-7-16(10-14)28-2)24-21(26)17-9-8-15(11-19(17)29-3)18-12-23-25-20(18)22(27)30-4/h5-13H,1-4H3,(H,23,25)(H,24,26). The Morgan fingerprint density at radius 1 is 1.07 bits per heavy atom. The Morgan fingerprint density at radius 2 is 1.87 bits per heavy atom. The molecule has 1 unspecified atom stereocenters. The number of esters is 1. The minimum Gasteiger partial charge on any atom is -0.497 e. The molecule has 8 heteroatoms. The lowest BCUT2D eigenvalue weighted by atomic mass is 10.0. The smallest absolute Gasteiger partial charge is 0.356 e. The number of hydrogen-bond donors (Lipinski definition) is 2. The summed E-state index contributed by atoms with van der Waals surface area (Å²) in [6.07, 6.45) is 1.52. The van der Waals surface area contributed by atoms with Crippen molar-refractivity contribution in [2.45, 2.75) is 13.0 Å². The summed E-state index contributed by atoms with van der Waals surface area (Å²) < 4.78 is 15.4. The third-order valence-corrected chi connectivity index (χ3v) is 4.73. The van der Waals surface area contributed by atoms with Crippen LogP contribution in [0.2, 0.25) is 0 Å². The van der Waals surface area contributed by atoms with Crippen LogP contribution >= 0.6 is 0 Å². The second kappa shape index (κ2) is 9.13. The number of nitrogens with zero attached hydrogens (tertiary/aromatic N) is 1. The van der Waals surface area contributed by atoms with Crippen molar-refractivity contribution in [3.63, 3.8) is 0 Å². The summed E-state index contributed by atoms with van der Waals surface area (Å²) >= 11 is 0. The third kappa shape index (κ3) is 4.27. The molecule has 3 aromatic rings. The van der Waals surface area contributed by atoms with Gasteiger partial charge in [0, 0.05) is 5.56 Å². The van der Waals surface area contributed by atoms with E-state index in [0.29, 0.717) is 22.4 Å². The second-order valence-electron chi connectivity index (χ2n) is 6.54. The molecule has 0 aliphatic rings. The molecule has 0 aliphatic heterocycles. The van der Waals surface area contributed by atoms with Gasteiger partial charge in [0.2, 0.25) is 0 Å². The lowest BCUT2D eigenvalue weighted by Gasteiger charge is -2.17. The highest BCUT2D eigenvalue weighted by molar-refractivity contribution is 5.99. The predicted octanol–water partition coefficient (Wildman–Crippen LogP) is 3.37. The number of rotatable bonds is 7. The maximum Gasteiger partial charge on any atom is 0.356 e. The van der Waals surface area contributed by atoms with Crippen LogP contribution in [0.5, 0.6) is 11.5 Å². The Balaban J connectivity index is 1.85. The Bertz CT molecular complexity index is 1060. The fourth-order valence-electron chi connectivity index (χ4n) is 3.08. The SMILES string of the molecule is COC(=O)c1[nH]ncc1-c1ccc(C(=O)NC(C)c2cccc(OC)c2)c(OC)c1. The van der Waals surface area contributed by atoms with E-state index in [9.17, 15) is 9.59 Å². The molecule has 1 atom stereocenters. The van der Waals surface area contributed by atoms with Crippen LogP contribution < -0.4 is 14.8 Å². The van der Waals surface area contributed by atoms with Gasteiger partial charge in [-0.2, -0.15) is 5.10 Å². The zero-order valence-corrected chi connectivity index (χ0v) is 17.2. The van der Waals surface area contributed by atoms with E-state index in [0.717, 1.165) is 11.3 Å². The molecule has 1 heterocycles. The summed E-state index contributed by atoms with van der Waals surface area (Å²) in [6, 6.07) is 12.3. The van der Waals surface area contributed by atoms with Gasteiger partial charge in [-0.1, -0.05) is 18.2 Å². The fourth-order valence-corrected chi connectivity index (χ4v) is 3.08. The molecule has 30 heavy (non-hydrogen) atoms. The molecule has 0 bridgehead atoms. The van der Waals surface area contributed by atoms with E-state index in [4.69, 9.17) is 14.2 Å². The molecule has 0 aliphatic carbocycles. The molecule has 0 saturated carbocycles. The maximum absolute atomic E-state index is 12.9. The average molecular weight is 409 g/mol. The quantitative estimate of drug-likeness (QED) is 0.580. The molecular formula is C22H23N3O5. The number of methoxy groups -OCH3 is 3. The number of carbonyl (C=O) groups is 2. The van der Waals surface area contributed by atoms with Crippen LogP contribution in [0.15, 0.2) is 48.7 Å². The van der Waals surface area contributed by atoms with Gasteiger partial charge in [0.15, 0.2) is 5.69 Å². The summed E-state index contributed by atoms with van der Waals surface area (Å²) in [6.45, 7) is 1.89. The first kappa shape index (κ1) is 20.9. The summed E-state index contributed by atoms with van der Waals surface area (Å²) in [4.78, 5) is 24.8. The van der Waals surface area contributed by atoms with Crippen molar-refractivity contribution in [2.75, 3.05) is 21.3 Å². The van der Waals surface area contributed by atoms with Gasteiger partial charge in [-0.25, -0.2) is 4.79 Å². The van der Waals surface area contributed by atoms with E-state index < -0.39 is 5.97 Å². The van der Waals surface area contributed by atoms with E-state index in [2.05, 4.69) is 15.5 Å². The zero-order valence-electron chi connectivity index (χ0n) is 17.2. The molecule has 3 rings (SSSR count). The average Bonchev–Trinajstić information content (AvgIpc) is 3.28. The van der Waals surface area contributed by atoms with Gasteiger partial charge < -0.3 is 19.5 Å². The number of benzene rings is 2. The van der Waals surface area contributed by atoms with E-state index in [1.165, 1.54) is 20.4 Å². The normalized spacial score (nSPS) is 11.5. The van der Waals surface area contributed by atoms with E-state index in [1.807, 2.05) is 31.2 Å². The monoisotopic (exact) mass is 409 g/mol. The largest absolute Gasteiger partial charge is 0.497 e. The van der Waals surface area contributed by atoms with Crippen LogP contribution in [-0.2, 0) is 4.74 Å². The van der Waals surface area contributed by atoms with Gasteiger partial charge in [-0.15, -0.1) is 0 Å². The van der Waals surface area contributed by atoms with E-state index in [-0.39, 0.29) is 17.6 Å². The highest BCUT2D eigenvalue weighted by atomic mass is 16.5. The lowest BCUT2D eigenvalue weighted by Crippen LogP contribution is -2.27. The number of nitrogens with one attached hydrogen (secondary N) is 2. The van der Waals surface area contributed by atoms with Crippen molar-refractivity contribution in [1.82, 2.24) is 15.5 Å². The molecule has 2 aromatic carbocycles. The van der Waals surface area contributed by atoms with Crippen molar-refractivity contribution in [1.29, 1.82) is 0 Å². The van der Waals surface area contributed by atoms with Crippen molar-refractivity contribution >= 4 is 11.9 Å². The topological polar surface area (TPSA) is 103 Å². The van der Waals surface area contributed by atoms with E-state index >= 15 is 0 Å². The molecule has 0 fully saturated rings. The number of amides is 1. The summed E-state index contributed by atoms with van der Waals surface area (Å²) in [7, 11) is 4.38. The number of ether oxygens (including phenoxy) is 3. The minimum absolute atomic E-state index is 0.225. The number of aromatic nitrogens is 2. The number of hydrogen-bond acceptors (Lipinski definition) is 6. The summed E-state index contributed by atoms with van der Waals surface area (Å²) in [5, 5.41) is 9.50. The minimum atomic E-state index is -0.532. The van der Waals surface area contributed by atoms with Crippen LogP contribution in [0.4, 0.5) is 0 Å². The van der Waals surface area contributed by atoms with Crippen LogP contribution in [0.1, 0.15) is 39.4 Å². The molecule has 0 spiro atoms. The molecule has 1 aromatic heterocycles. The molecular weight excluding hydrogens is 386 g/mol. The van der Waals surface area contributed by atoms with Gasteiger partial charge in [-0.05, 0) is 42.3 Å². The van der Waals surface area contributed by atoms with Crippen molar-refractivity contribution < 1.29 is 23.8 Å². The number of carbonyl (C=O) groups excluding carboxylic acids is 2. The van der Waals surface area contributed by atoms with Crippen LogP contribution in [0.25, 0.3) is 11.1 Å². The third-order valence-electron chi connectivity index (χ3n) is 4.73. The van der Waals surface area contributed by atoms with Crippen molar-refractivity contribution in [3.05, 3.63) is 65.5 Å². The first-order chi connectivity index (χ1) is 14.5. The van der Waals surface area contributed by atoms with Crippen LogP contribution in [0, 0.1) is 0 Å². The maximum atomic E-state index is 12.9. The highest BCUT2D eigenvalue weighted by Gasteiger charge is 2.20. The number of aromatic amines is 1. The Hall–Kier alpha value is -3.81. The van der Waals surface area contributed by atoms with Crippen molar-refractivity contribution in [2.24, 2.45) is 0 Å². The first-order valence-corrected chi connectivity index (χ1v) is 9.23. The fraction of sp³-hybridized carbons (Fsp3) is 0.227. The second-order valence-corrected chi connectivity index (χ2v) is 6.54. The first-order valence-electron chi connectivity index (χ1n) is 9.23. The molecule has 8 nitrogen and oxygen atoms in total. The lowest BCUT2D eigenvalue weighted by molar-refractivity contribution is 0.0594. The van der Waals surface area contributed by atoms with Gasteiger partial charge in [0.05, 0.1) is 39.1 Å². The summed E-state index contributed by atoms with van der Waals surface area (Å²) in [5.41, 5.74) is 2.73. The molecule has 0 saturated heterocycles. The van der Waals surface area contributed by atoms with Crippen LogP contribution in [-0.4, -0.2) is 43.4 Å². The molecule has 1 amide bonds. The zero-order chi connectivity index (χ0) is 21.7. The Kier molecular flexibility index (Phi) is 6.36. The van der Waals surface area contributed by atoms with Crippen LogP contribution in [0.3, 0.4) is 0 Å². The molecule has 2 N–H and O–H groups in total. The summed E-state index contributed by atoms with van der Waals surface area (Å²) in [5.74, 6) is 0.279. The van der Waals surface area contributed by atoms with Gasteiger partial charge in [0.1, 0.15) is 11.5 Å². The molecule has 156 valence electrons. The Labute approximate surface area is 174 Å². The van der Waals surface area contributed by atoms with Gasteiger partial charge in [-0.3, -0.25) is 9.89 Å². The van der Waals surface area contributed by atoms with Crippen molar-refractivity contribution in [3.8, 4) is 22.6 Å². The number of H-pyrrole nitrogens is 1. The van der Waals surface area contributed by atoms with Gasteiger partial charge >= 0.3 is 5.97 Å². The predicted molar refractivity (Wildman–Crippen MR) is 111 cm³/mol.